The van der Waals surface area contributed by atoms with Crippen molar-refractivity contribution in [1.82, 2.24) is 4.57 Å². The van der Waals surface area contributed by atoms with Crippen molar-refractivity contribution in [1.29, 1.82) is 0 Å². The van der Waals surface area contributed by atoms with Crippen LogP contribution in [0.2, 0.25) is 0 Å². The van der Waals surface area contributed by atoms with Gasteiger partial charge in [0, 0.05) is 34.4 Å². The molecule has 0 fully saturated rings. The molecular formula is C16H18N2. The minimum Gasteiger partial charge on any atom is -0.340 e. The van der Waals surface area contributed by atoms with E-state index in [0.29, 0.717) is 0 Å². The van der Waals surface area contributed by atoms with Crippen LogP contribution in [0.5, 0.6) is 0 Å². The topological polar surface area (TPSA) is 30.9 Å². The Morgan fingerprint density at radius 3 is 1.94 bits per heavy atom. The van der Waals surface area contributed by atoms with Crippen LogP contribution in [0.1, 0.15) is 13.3 Å². The maximum absolute atomic E-state index is 5.88. The molecular weight excluding hydrogens is 220 g/mol. The highest BCUT2D eigenvalue weighted by Crippen LogP contribution is 2.28. The van der Waals surface area contributed by atoms with E-state index in [1.165, 1.54) is 21.8 Å². The molecule has 3 aromatic rings. The summed E-state index contributed by atoms with van der Waals surface area (Å²) < 4.78 is 2.38. The smallest absolute Gasteiger partial charge is 0.0491 e. The van der Waals surface area contributed by atoms with Crippen molar-refractivity contribution < 1.29 is 0 Å². The first kappa shape index (κ1) is 11.3. The normalized spacial score (nSPS) is 13.2. The van der Waals surface area contributed by atoms with Gasteiger partial charge in [-0.3, -0.25) is 0 Å². The maximum atomic E-state index is 5.88. The van der Waals surface area contributed by atoms with Crippen LogP contribution in [0.3, 0.4) is 0 Å². The molecule has 2 N–H and O–H groups in total. The molecule has 0 saturated carbocycles. The minimum absolute atomic E-state index is 0.241. The number of rotatable bonds is 3. The molecule has 0 saturated heterocycles. The summed E-state index contributed by atoms with van der Waals surface area (Å²) in [7, 11) is 0. The average molecular weight is 238 g/mol. The Hall–Kier alpha value is -1.80. The summed E-state index contributed by atoms with van der Waals surface area (Å²) in [6.07, 6.45) is 1.00. The Morgan fingerprint density at radius 2 is 1.44 bits per heavy atom. The fourth-order valence-electron chi connectivity index (χ4n) is 2.58. The lowest BCUT2D eigenvalue weighted by molar-refractivity contribution is 0.591. The van der Waals surface area contributed by atoms with E-state index in [0.717, 1.165) is 13.0 Å². The largest absolute Gasteiger partial charge is 0.340 e. The third kappa shape index (κ3) is 1.79. The summed E-state index contributed by atoms with van der Waals surface area (Å²) in [5, 5.41) is 2.66. The molecule has 92 valence electrons. The number of aromatic nitrogens is 1. The summed E-state index contributed by atoms with van der Waals surface area (Å²) in [6, 6.07) is 17.4. The lowest BCUT2D eigenvalue weighted by Gasteiger charge is -2.09. The average Bonchev–Trinajstić information content (AvgIpc) is 2.71. The van der Waals surface area contributed by atoms with Crippen LogP contribution in [0, 0.1) is 0 Å². The summed E-state index contributed by atoms with van der Waals surface area (Å²) in [5.41, 5.74) is 8.49. The number of nitrogens with two attached hydrogens (primary N) is 1. The molecule has 1 unspecified atom stereocenters. The molecule has 2 heteroatoms. The highest BCUT2D eigenvalue weighted by atomic mass is 15.0. The van der Waals surface area contributed by atoms with Gasteiger partial charge in [-0.25, -0.2) is 0 Å². The zero-order valence-electron chi connectivity index (χ0n) is 10.6. The lowest BCUT2D eigenvalue weighted by Crippen LogP contribution is -2.17. The van der Waals surface area contributed by atoms with Crippen LogP contribution in [0.25, 0.3) is 21.8 Å². The van der Waals surface area contributed by atoms with Gasteiger partial charge in [-0.1, -0.05) is 36.4 Å². The summed E-state index contributed by atoms with van der Waals surface area (Å²) in [6.45, 7) is 3.04. The third-order valence-electron chi connectivity index (χ3n) is 3.49. The van der Waals surface area contributed by atoms with E-state index >= 15 is 0 Å². The van der Waals surface area contributed by atoms with Gasteiger partial charge in [-0.2, -0.15) is 0 Å². The molecule has 2 nitrogen and oxygen atoms in total. The summed E-state index contributed by atoms with van der Waals surface area (Å²) in [5.74, 6) is 0. The monoisotopic (exact) mass is 238 g/mol. The summed E-state index contributed by atoms with van der Waals surface area (Å²) >= 11 is 0. The van der Waals surface area contributed by atoms with Gasteiger partial charge in [-0.05, 0) is 25.5 Å². The first-order valence-corrected chi connectivity index (χ1v) is 6.49. The van der Waals surface area contributed by atoms with Crippen molar-refractivity contribution in [2.45, 2.75) is 25.9 Å². The number of aryl methyl sites for hydroxylation is 1. The number of nitrogens with zero attached hydrogens (tertiary/aromatic N) is 1. The van der Waals surface area contributed by atoms with Crippen LogP contribution in [0.4, 0.5) is 0 Å². The molecule has 2 aromatic carbocycles. The molecule has 18 heavy (non-hydrogen) atoms. The molecule has 0 bridgehead atoms. The number of hydrogen-bond acceptors (Lipinski definition) is 1. The Balaban J connectivity index is 2.24. The standard InChI is InChI=1S/C16H18N2/c1-12(17)10-11-18-15-8-4-2-6-13(15)14-7-3-5-9-16(14)18/h2-9,12H,10-11,17H2,1H3. The van der Waals surface area contributed by atoms with E-state index in [4.69, 9.17) is 5.73 Å². The van der Waals surface area contributed by atoms with Crippen LogP contribution in [-0.2, 0) is 6.54 Å². The van der Waals surface area contributed by atoms with Crippen molar-refractivity contribution in [3.05, 3.63) is 48.5 Å². The second kappa shape index (κ2) is 4.46. The van der Waals surface area contributed by atoms with Crippen LogP contribution in [0.15, 0.2) is 48.5 Å². The molecule has 3 rings (SSSR count). The molecule has 1 aromatic heterocycles. The number of benzene rings is 2. The predicted molar refractivity (Wildman–Crippen MR) is 77.7 cm³/mol. The number of hydrogen-bond donors (Lipinski definition) is 1. The van der Waals surface area contributed by atoms with Gasteiger partial charge in [0.25, 0.3) is 0 Å². The second-order valence-electron chi connectivity index (χ2n) is 4.95. The zero-order valence-corrected chi connectivity index (χ0v) is 10.6. The molecule has 0 spiro atoms. The highest BCUT2D eigenvalue weighted by Gasteiger charge is 2.09. The van der Waals surface area contributed by atoms with Gasteiger partial charge < -0.3 is 10.3 Å². The van der Waals surface area contributed by atoms with Gasteiger partial charge in [-0.15, -0.1) is 0 Å². The third-order valence-corrected chi connectivity index (χ3v) is 3.49. The van der Waals surface area contributed by atoms with Gasteiger partial charge in [0.1, 0.15) is 0 Å². The van der Waals surface area contributed by atoms with Crippen molar-refractivity contribution >= 4 is 21.8 Å². The molecule has 0 aliphatic rings. The van der Waals surface area contributed by atoms with Crippen molar-refractivity contribution in [2.24, 2.45) is 5.73 Å². The number of para-hydroxylation sites is 2. The van der Waals surface area contributed by atoms with Gasteiger partial charge in [0.15, 0.2) is 0 Å². The molecule has 0 aliphatic carbocycles. The molecule has 0 radical (unpaired) electrons. The fourth-order valence-corrected chi connectivity index (χ4v) is 2.58. The van der Waals surface area contributed by atoms with Gasteiger partial charge in [0.05, 0.1) is 0 Å². The van der Waals surface area contributed by atoms with E-state index in [-0.39, 0.29) is 6.04 Å². The van der Waals surface area contributed by atoms with Crippen LogP contribution < -0.4 is 5.73 Å². The first-order valence-electron chi connectivity index (χ1n) is 6.49. The Labute approximate surface area is 107 Å². The van der Waals surface area contributed by atoms with Crippen molar-refractivity contribution in [3.8, 4) is 0 Å². The zero-order chi connectivity index (χ0) is 12.5. The van der Waals surface area contributed by atoms with E-state index in [1.54, 1.807) is 0 Å². The fraction of sp³-hybridized carbons (Fsp3) is 0.250. The predicted octanol–water partition coefficient (Wildman–Crippen LogP) is 3.53. The van der Waals surface area contributed by atoms with E-state index in [2.05, 4.69) is 60.0 Å². The van der Waals surface area contributed by atoms with Crippen LogP contribution >= 0.6 is 0 Å². The maximum Gasteiger partial charge on any atom is 0.0491 e. The van der Waals surface area contributed by atoms with E-state index in [9.17, 15) is 0 Å². The minimum atomic E-state index is 0.241. The van der Waals surface area contributed by atoms with E-state index < -0.39 is 0 Å². The lowest BCUT2D eigenvalue weighted by atomic mass is 10.2. The van der Waals surface area contributed by atoms with Crippen LogP contribution in [-0.4, -0.2) is 10.6 Å². The Morgan fingerprint density at radius 1 is 0.944 bits per heavy atom. The Bertz CT molecular complexity index is 626. The number of fused-ring (bicyclic) bond motifs is 3. The Kier molecular flexibility index (Phi) is 2.80. The van der Waals surface area contributed by atoms with Gasteiger partial charge >= 0.3 is 0 Å². The van der Waals surface area contributed by atoms with Crippen molar-refractivity contribution in [3.63, 3.8) is 0 Å². The highest BCUT2D eigenvalue weighted by molar-refractivity contribution is 6.07. The molecule has 1 atom stereocenters. The van der Waals surface area contributed by atoms with Gasteiger partial charge in [0.2, 0.25) is 0 Å². The SMILES string of the molecule is CC(N)CCn1c2ccccc2c2ccccc21. The first-order chi connectivity index (χ1) is 8.77. The molecule has 1 heterocycles. The van der Waals surface area contributed by atoms with Crippen molar-refractivity contribution in [2.75, 3.05) is 0 Å². The second-order valence-corrected chi connectivity index (χ2v) is 4.95. The molecule has 0 amide bonds. The van der Waals surface area contributed by atoms with E-state index in [1.807, 2.05) is 0 Å². The summed E-state index contributed by atoms with van der Waals surface area (Å²) in [4.78, 5) is 0. The quantitative estimate of drug-likeness (QED) is 0.743. The molecule has 0 aliphatic heterocycles.